The van der Waals surface area contributed by atoms with Gasteiger partial charge in [-0.3, -0.25) is 24.0 Å². The summed E-state index contributed by atoms with van der Waals surface area (Å²) in [4.78, 5) is 78.2. The number of nitrogens with zero attached hydrogens (tertiary/aromatic N) is 1. The summed E-state index contributed by atoms with van der Waals surface area (Å²) in [7, 11) is 0. The number of amides is 5. The predicted molar refractivity (Wildman–Crippen MR) is 120 cm³/mol. The molecule has 0 aliphatic carbocycles. The molecule has 1 aromatic rings. The molecule has 0 saturated carbocycles. The highest BCUT2D eigenvalue weighted by molar-refractivity contribution is 7.80. The van der Waals surface area contributed by atoms with Crippen molar-refractivity contribution in [3.63, 3.8) is 0 Å². The van der Waals surface area contributed by atoms with Crippen molar-refractivity contribution in [2.45, 2.75) is 49.9 Å². The molecule has 16 heteroatoms. The van der Waals surface area contributed by atoms with Crippen molar-refractivity contribution in [1.82, 2.24) is 25.9 Å². The molecule has 1 heterocycles. The number of aromatic nitrogens is 2. The van der Waals surface area contributed by atoms with Crippen LogP contribution in [0, 0.1) is 0 Å². The highest BCUT2D eigenvalue weighted by Gasteiger charge is 2.31. The Balaban J connectivity index is 3.03. The quantitative estimate of drug-likeness (QED) is 0.106. The van der Waals surface area contributed by atoms with Crippen LogP contribution in [0.15, 0.2) is 12.5 Å². The Morgan fingerprint density at radius 2 is 1.56 bits per heavy atom. The zero-order valence-corrected chi connectivity index (χ0v) is 18.9. The molecular weight excluding hydrogens is 472 g/mol. The normalized spacial score (nSPS) is 14.2. The van der Waals surface area contributed by atoms with E-state index in [1.807, 2.05) is 0 Å². The van der Waals surface area contributed by atoms with Gasteiger partial charge in [-0.1, -0.05) is 0 Å². The number of H-pyrrole nitrogens is 1. The van der Waals surface area contributed by atoms with Gasteiger partial charge in [0.15, 0.2) is 0 Å². The molecular formula is C18H28N8O7S. The van der Waals surface area contributed by atoms with Crippen LogP contribution in [0.2, 0.25) is 0 Å². The zero-order chi connectivity index (χ0) is 25.8. The summed E-state index contributed by atoms with van der Waals surface area (Å²) in [6, 6.07) is -5.35. The van der Waals surface area contributed by atoms with Crippen molar-refractivity contribution >= 4 is 48.1 Å². The fraction of sp³-hybridized carbons (Fsp3) is 0.500. The van der Waals surface area contributed by atoms with E-state index in [1.165, 1.54) is 12.5 Å². The van der Waals surface area contributed by atoms with Crippen LogP contribution >= 0.6 is 12.6 Å². The summed E-state index contributed by atoms with van der Waals surface area (Å²) in [6.07, 6.45) is 1.39. The third-order valence-corrected chi connectivity index (χ3v) is 4.87. The summed E-state index contributed by atoms with van der Waals surface area (Å²) in [5, 5.41) is 16.1. The van der Waals surface area contributed by atoms with Crippen LogP contribution < -0.4 is 33.2 Å². The van der Waals surface area contributed by atoms with Crippen LogP contribution in [0.4, 0.5) is 0 Å². The zero-order valence-electron chi connectivity index (χ0n) is 18.0. The molecule has 4 unspecified atom stereocenters. The Morgan fingerprint density at radius 3 is 2.06 bits per heavy atom. The second kappa shape index (κ2) is 13.8. The van der Waals surface area contributed by atoms with Gasteiger partial charge in [-0.2, -0.15) is 12.6 Å². The van der Waals surface area contributed by atoms with Crippen molar-refractivity contribution in [2.75, 3.05) is 5.75 Å². The number of rotatable bonds is 15. The molecule has 0 spiro atoms. The lowest BCUT2D eigenvalue weighted by atomic mass is 10.1. The third-order valence-electron chi connectivity index (χ3n) is 4.48. The molecule has 0 aliphatic heterocycles. The first-order valence-electron chi connectivity index (χ1n) is 9.98. The summed E-state index contributed by atoms with van der Waals surface area (Å²) >= 11 is 3.93. The van der Waals surface area contributed by atoms with Crippen molar-refractivity contribution in [1.29, 1.82) is 0 Å². The van der Waals surface area contributed by atoms with Crippen molar-refractivity contribution in [3.05, 3.63) is 18.2 Å². The number of carbonyl (C=O) groups excluding carboxylic acids is 5. The summed E-state index contributed by atoms with van der Waals surface area (Å²) < 4.78 is 0. The number of hydrogen-bond acceptors (Lipinski definition) is 9. The van der Waals surface area contributed by atoms with E-state index < -0.39 is 66.1 Å². The first-order chi connectivity index (χ1) is 15.9. The average Bonchev–Trinajstić information content (AvgIpc) is 3.27. The number of imidazole rings is 1. The minimum Gasteiger partial charge on any atom is -0.480 e. The monoisotopic (exact) mass is 500 g/mol. The minimum absolute atomic E-state index is 0.00117. The second-order valence-electron chi connectivity index (χ2n) is 7.27. The number of nitrogens with two attached hydrogens (primary N) is 3. The van der Waals surface area contributed by atoms with Crippen LogP contribution in [0.3, 0.4) is 0 Å². The Morgan fingerprint density at radius 1 is 0.971 bits per heavy atom. The van der Waals surface area contributed by atoms with Gasteiger partial charge in [0, 0.05) is 30.5 Å². The predicted octanol–water partition coefficient (Wildman–Crippen LogP) is -4.11. The van der Waals surface area contributed by atoms with Crippen LogP contribution in [-0.2, 0) is 35.2 Å². The number of nitrogens with one attached hydrogen (secondary N) is 4. The topological polar surface area (TPSA) is 265 Å². The molecule has 0 aromatic carbocycles. The van der Waals surface area contributed by atoms with Crippen molar-refractivity contribution < 1.29 is 33.9 Å². The van der Waals surface area contributed by atoms with Gasteiger partial charge in [0.2, 0.25) is 29.5 Å². The number of hydrogen-bond donors (Lipinski definition) is 9. The third kappa shape index (κ3) is 9.86. The maximum Gasteiger partial charge on any atom is 0.326 e. The molecule has 0 radical (unpaired) electrons. The van der Waals surface area contributed by atoms with Gasteiger partial charge in [-0.05, 0) is 6.42 Å². The van der Waals surface area contributed by atoms with Crippen LogP contribution in [0.1, 0.15) is 25.0 Å². The molecule has 11 N–H and O–H groups in total. The molecule has 0 fully saturated rings. The van der Waals surface area contributed by atoms with E-state index in [2.05, 4.69) is 38.5 Å². The van der Waals surface area contributed by atoms with Crippen LogP contribution in [0.5, 0.6) is 0 Å². The lowest BCUT2D eigenvalue weighted by molar-refractivity contribution is -0.142. The highest BCUT2D eigenvalue weighted by atomic mass is 32.1. The van der Waals surface area contributed by atoms with Gasteiger partial charge in [0.05, 0.1) is 18.8 Å². The van der Waals surface area contributed by atoms with Gasteiger partial charge in [-0.15, -0.1) is 0 Å². The summed E-state index contributed by atoms with van der Waals surface area (Å²) in [5.41, 5.74) is 16.3. The van der Waals surface area contributed by atoms with Gasteiger partial charge < -0.3 is 43.2 Å². The van der Waals surface area contributed by atoms with E-state index in [0.717, 1.165) is 0 Å². The average molecular weight is 501 g/mol. The second-order valence-corrected chi connectivity index (χ2v) is 7.63. The van der Waals surface area contributed by atoms with Crippen molar-refractivity contribution in [2.24, 2.45) is 17.2 Å². The molecule has 188 valence electrons. The number of thiol groups is 1. The van der Waals surface area contributed by atoms with Crippen molar-refractivity contribution in [3.8, 4) is 0 Å². The van der Waals surface area contributed by atoms with E-state index in [1.54, 1.807) is 0 Å². The Labute approximate surface area is 199 Å². The van der Waals surface area contributed by atoms with E-state index in [9.17, 15) is 33.9 Å². The molecule has 1 rings (SSSR count). The van der Waals surface area contributed by atoms with Gasteiger partial charge >= 0.3 is 5.97 Å². The van der Waals surface area contributed by atoms with E-state index in [-0.39, 0.29) is 25.0 Å². The molecule has 34 heavy (non-hydrogen) atoms. The Bertz CT molecular complexity index is 895. The lowest BCUT2D eigenvalue weighted by Gasteiger charge is -2.24. The van der Waals surface area contributed by atoms with Crippen LogP contribution in [0.25, 0.3) is 0 Å². The smallest absolute Gasteiger partial charge is 0.326 e. The number of aliphatic carboxylic acids is 1. The Kier molecular flexibility index (Phi) is 11.5. The maximum atomic E-state index is 12.9. The first kappa shape index (κ1) is 28.4. The van der Waals surface area contributed by atoms with E-state index >= 15 is 0 Å². The highest BCUT2D eigenvalue weighted by Crippen LogP contribution is 2.04. The maximum absolute atomic E-state index is 12.9. The molecule has 5 amide bonds. The van der Waals surface area contributed by atoms with Gasteiger partial charge in [0.1, 0.15) is 18.1 Å². The molecule has 0 aliphatic rings. The van der Waals surface area contributed by atoms with Gasteiger partial charge in [-0.25, -0.2) is 9.78 Å². The largest absolute Gasteiger partial charge is 0.480 e. The summed E-state index contributed by atoms with van der Waals surface area (Å²) in [5.74, 6) is -5.80. The number of carboxylic acids is 1. The molecule has 0 saturated heterocycles. The number of carboxylic acid groups (broad SMARTS) is 1. The SMILES string of the molecule is NC(=O)CCC(NC(=O)C(CC(N)=O)NC(=O)C(Cc1cnc[nH]1)NC(=O)C(N)CS)C(=O)O. The number of aromatic amines is 1. The molecule has 15 nitrogen and oxygen atoms in total. The lowest BCUT2D eigenvalue weighted by Crippen LogP contribution is -2.58. The fourth-order valence-corrected chi connectivity index (χ4v) is 2.85. The van der Waals surface area contributed by atoms with Crippen LogP contribution in [-0.4, -0.2) is 80.5 Å². The summed E-state index contributed by atoms with van der Waals surface area (Å²) in [6.45, 7) is 0. The molecule has 4 atom stereocenters. The first-order valence-corrected chi connectivity index (χ1v) is 10.6. The number of carbonyl (C=O) groups is 6. The molecule has 0 bridgehead atoms. The molecule has 1 aromatic heterocycles. The number of primary amides is 2. The van der Waals surface area contributed by atoms with E-state index in [0.29, 0.717) is 5.69 Å². The van der Waals surface area contributed by atoms with Gasteiger partial charge in [0.25, 0.3) is 0 Å². The standard InChI is InChI=1S/C18H28N8O7S/c19-9(6-34)15(29)25-11(3-8-5-22-7-23-8)16(30)26-12(4-14(21)28)17(31)24-10(18(32)33)1-2-13(20)27/h5,7,9-12,34H,1-4,6,19H2,(H2,20,27)(H2,21,28)(H,22,23)(H,24,31)(H,25,29)(H,26,30)(H,32,33). The van der Waals surface area contributed by atoms with E-state index in [4.69, 9.17) is 17.2 Å². The minimum atomic E-state index is -1.57. The fourth-order valence-electron chi connectivity index (χ4n) is 2.69. The Hall–Kier alpha value is -3.66.